The van der Waals surface area contributed by atoms with Gasteiger partial charge < -0.3 is 10.2 Å². The van der Waals surface area contributed by atoms with E-state index >= 15 is 0 Å². The Labute approximate surface area is 69.1 Å². The van der Waals surface area contributed by atoms with Gasteiger partial charge in [-0.3, -0.25) is 4.79 Å². The Kier molecular flexibility index (Phi) is 1.37. The van der Waals surface area contributed by atoms with Gasteiger partial charge in [-0.15, -0.1) is 0 Å². The van der Waals surface area contributed by atoms with Crippen LogP contribution in [-0.4, -0.2) is 5.91 Å². The molecule has 1 heterocycles. The maximum absolute atomic E-state index is 10.7. The molecule has 0 spiro atoms. The van der Waals surface area contributed by atoms with E-state index in [9.17, 15) is 4.79 Å². The van der Waals surface area contributed by atoms with Gasteiger partial charge in [-0.1, -0.05) is 0 Å². The molecule has 0 atom stereocenters. The van der Waals surface area contributed by atoms with Gasteiger partial charge in [-0.25, -0.2) is 0 Å². The first-order valence-corrected chi connectivity index (χ1v) is 3.47. The third-order valence-corrected chi connectivity index (χ3v) is 1.62. The van der Waals surface area contributed by atoms with Gasteiger partial charge >= 0.3 is 0 Å². The molecule has 2 rings (SSSR count). The van der Waals surface area contributed by atoms with Crippen molar-refractivity contribution in [1.29, 1.82) is 0 Å². The summed E-state index contributed by atoms with van der Waals surface area (Å²) in [5.41, 5.74) is 6.27. The smallest absolute Gasteiger partial charge is 0.249 e. The number of carbonyl (C=O) groups is 1. The van der Waals surface area contributed by atoms with Gasteiger partial charge in [-0.2, -0.15) is 0 Å². The van der Waals surface area contributed by atoms with E-state index in [1.807, 2.05) is 6.07 Å². The normalized spacial score (nSPS) is 10.3. The number of nitrogens with two attached hydrogens (primary N) is 1. The van der Waals surface area contributed by atoms with Gasteiger partial charge in [0.05, 0.1) is 11.8 Å². The van der Waals surface area contributed by atoms with E-state index in [-0.39, 0.29) is 0 Å². The van der Waals surface area contributed by atoms with Crippen molar-refractivity contribution in [2.75, 3.05) is 0 Å². The third-order valence-electron chi connectivity index (χ3n) is 1.62. The van der Waals surface area contributed by atoms with Crippen molar-refractivity contribution in [1.82, 2.24) is 0 Å². The lowest BCUT2D eigenvalue weighted by molar-refractivity contribution is 0.100. The zero-order valence-electron chi connectivity index (χ0n) is 6.20. The first-order chi connectivity index (χ1) is 5.77. The maximum atomic E-state index is 10.7. The summed E-state index contributed by atoms with van der Waals surface area (Å²) in [6.45, 7) is 0. The molecule has 3 heteroatoms. The summed E-state index contributed by atoms with van der Waals surface area (Å²) < 4.78 is 5.08. The van der Waals surface area contributed by atoms with Crippen molar-refractivity contribution in [3.63, 3.8) is 0 Å². The summed E-state index contributed by atoms with van der Waals surface area (Å²) in [5, 5.41) is 0. The highest BCUT2D eigenvalue weighted by Crippen LogP contribution is 2.24. The highest BCUT2D eigenvalue weighted by atomic mass is 16.3. The average molecular weight is 160 g/mol. The minimum absolute atomic E-state index is 0.361. The Hall–Kier alpha value is -1.77. The predicted molar refractivity (Wildman–Crippen MR) is 42.7 cm³/mol. The number of carbonyl (C=O) groups excluding carboxylic acids is 1. The molecule has 0 aromatic carbocycles. The van der Waals surface area contributed by atoms with Crippen LogP contribution in [0.1, 0.15) is 10.4 Å². The fraction of sp³-hybridized carbons (Fsp3) is 0. The van der Waals surface area contributed by atoms with E-state index in [1.54, 1.807) is 12.1 Å². The van der Waals surface area contributed by atoms with E-state index in [2.05, 4.69) is 6.07 Å². The molecule has 0 fully saturated rings. The molecule has 12 heavy (non-hydrogen) atoms. The van der Waals surface area contributed by atoms with Crippen LogP contribution in [0.15, 0.2) is 28.9 Å². The van der Waals surface area contributed by atoms with Crippen LogP contribution in [0.3, 0.4) is 0 Å². The molecule has 1 aliphatic carbocycles. The molecule has 0 saturated carbocycles. The Morgan fingerprint density at radius 1 is 1.58 bits per heavy atom. The van der Waals surface area contributed by atoms with Crippen LogP contribution in [-0.2, 0) is 0 Å². The van der Waals surface area contributed by atoms with Crippen molar-refractivity contribution < 1.29 is 9.21 Å². The van der Waals surface area contributed by atoms with Crippen LogP contribution in [0, 0.1) is 6.07 Å². The molecule has 2 N–H and O–H groups in total. The van der Waals surface area contributed by atoms with E-state index in [4.69, 9.17) is 10.2 Å². The summed E-state index contributed by atoms with van der Waals surface area (Å²) in [6.07, 6.45) is 1.53. The van der Waals surface area contributed by atoms with E-state index in [0.29, 0.717) is 11.3 Å². The molecule has 0 saturated heterocycles. The fourth-order valence-electron chi connectivity index (χ4n) is 1.06. The molecule has 1 radical (unpaired) electrons. The zero-order valence-corrected chi connectivity index (χ0v) is 6.20. The van der Waals surface area contributed by atoms with Gasteiger partial charge in [0.15, 0.2) is 0 Å². The number of rotatable bonds is 1. The van der Waals surface area contributed by atoms with Crippen LogP contribution >= 0.6 is 0 Å². The van der Waals surface area contributed by atoms with Gasteiger partial charge in [0.1, 0.15) is 5.76 Å². The molecule has 1 aliphatic heterocycles. The number of hydrogen-bond acceptors (Lipinski definition) is 2. The van der Waals surface area contributed by atoms with Crippen LogP contribution in [0.25, 0.3) is 11.3 Å². The fourth-order valence-corrected chi connectivity index (χ4v) is 1.06. The lowest BCUT2D eigenvalue weighted by atomic mass is 10.3. The van der Waals surface area contributed by atoms with Gasteiger partial charge in [0.2, 0.25) is 5.91 Å². The average Bonchev–Trinajstić information content (AvgIpc) is 2.46. The van der Waals surface area contributed by atoms with Gasteiger partial charge in [0.25, 0.3) is 0 Å². The largest absolute Gasteiger partial charge is 0.464 e. The summed E-state index contributed by atoms with van der Waals surface area (Å²) in [5.74, 6) is 0.0766. The standard InChI is InChI=1S/C9H6NO2/c10-9(11)7-4-6-2-1-3-12-8(6)5-7/h1-4H,(H2,10,11). The number of primary amides is 1. The van der Waals surface area contributed by atoms with Crippen molar-refractivity contribution in [3.05, 3.63) is 36.1 Å². The molecule has 2 aliphatic rings. The van der Waals surface area contributed by atoms with Crippen LogP contribution in [0.2, 0.25) is 0 Å². The Morgan fingerprint density at radius 2 is 2.42 bits per heavy atom. The molecular formula is C9H6NO2. The maximum Gasteiger partial charge on any atom is 0.249 e. The van der Waals surface area contributed by atoms with E-state index in [0.717, 1.165) is 5.56 Å². The number of fused-ring (bicyclic) bond motifs is 1. The SMILES string of the molecule is NC(=O)c1[c]c2occcc-2c1. The van der Waals surface area contributed by atoms with E-state index in [1.165, 1.54) is 6.26 Å². The van der Waals surface area contributed by atoms with Crippen LogP contribution in [0.4, 0.5) is 0 Å². The molecule has 0 aromatic rings. The Morgan fingerprint density at radius 3 is 3.08 bits per heavy atom. The highest BCUT2D eigenvalue weighted by molar-refractivity contribution is 5.95. The minimum atomic E-state index is -0.485. The molecule has 3 nitrogen and oxygen atoms in total. The molecule has 0 aromatic heterocycles. The summed E-state index contributed by atoms with van der Waals surface area (Å²) >= 11 is 0. The lowest BCUT2D eigenvalue weighted by Crippen LogP contribution is -2.09. The lowest BCUT2D eigenvalue weighted by Gasteiger charge is -1.91. The molecule has 59 valence electrons. The van der Waals surface area contributed by atoms with Crippen molar-refractivity contribution >= 4 is 5.91 Å². The summed E-state index contributed by atoms with van der Waals surface area (Å²) in [6, 6.07) is 7.99. The number of amides is 1. The second-order valence-corrected chi connectivity index (χ2v) is 2.44. The van der Waals surface area contributed by atoms with Crippen molar-refractivity contribution in [2.45, 2.75) is 0 Å². The van der Waals surface area contributed by atoms with Crippen molar-refractivity contribution in [2.24, 2.45) is 5.73 Å². The van der Waals surface area contributed by atoms with Gasteiger partial charge in [-0.05, 0) is 18.2 Å². The molecular weight excluding hydrogens is 154 g/mol. The Balaban J connectivity index is 2.63. The van der Waals surface area contributed by atoms with Crippen LogP contribution in [0.5, 0.6) is 0 Å². The minimum Gasteiger partial charge on any atom is -0.464 e. The summed E-state index contributed by atoms with van der Waals surface area (Å²) in [7, 11) is 0. The number of hydrogen-bond donors (Lipinski definition) is 1. The third kappa shape index (κ3) is 0.955. The second-order valence-electron chi connectivity index (χ2n) is 2.44. The van der Waals surface area contributed by atoms with Crippen LogP contribution < -0.4 is 5.73 Å². The Bertz CT molecular complexity index is 362. The van der Waals surface area contributed by atoms with Crippen molar-refractivity contribution in [3.8, 4) is 11.3 Å². The first-order valence-electron chi connectivity index (χ1n) is 3.47. The first kappa shape index (κ1) is 6.91. The molecule has 0 bridgehead atoms. The molecule has 1 amide bonds. The second kappa shape index (κ2) is 2.37. The van der Waals surface area contributed by atoms with Gasteiger partial charge in [0, 0.05) is 11.6 Å². The predicted octanol–water partition coefficient (Wildman–Crippen LogP) is 1.28. The highest BCUT2D eigenvalue weighted by Gasteiger charge is 2.11. The quantitative estimate of drug-likeness (QED) is 0.683. The summed E-state index contributed by atoms with van der Waals surface area (Å²) in [4.78, 5) is 10.7. The topological polar surface area (TPSA) is 56.2 Å². The zero-order chi connectivity index (χ0) is 8.55. The van der Waals surface area contributed by atoms with E-state index < -0.39 is 5.91 Å². The molecule has 0 unspecified atom stereocenters. The monoisotopic (exact) mass is 160 g/mol.